The van der Waals surface area contributed by atoms with Crippen LogP contribution in [0.3, 0.4) is 0 Å². The van der Waals surface area contributed by atoms with Crippen molar-refractivity contribution in [3.8, 4) is 0 Å². The Hall–Kier alpha value is -1.92. The Morgan fingerprint density at radius 1 is 1.08 bits per heavy atom. The Kier molecular flexibility index (Phi) is 5.71. The smallest absolute Gasteiger partial charge is 0.264 e. The third-order valence-electron chi connectivity index (χ3n) is 4.41. The molecule has 1 saturated heterocycles. The van der Waals surface area contributed by atoms with Gasteiger partial charge in [0.25, 0.3) is 5.91 Å². The lowest BCUT2D eigenvalue weighted by Gasteiger charge is -2.36. The number of hydrogen-bond acceptors (Lipinski definition) is 3. The van der Waals surface area contributed by atoms with Gasteiger partial charge < -0.3 is 15.1 Å². The SMILES string of the molecule is CC(C)c1ccc(NC(=S)N2CCN(C(=O)c3cccs3)CC2)cc1. The number of nitrogens with one attached hydrogen (secondary N) is 1. The first-order valence-corrected chi connectivity index (χ1v) is 9.82. The number of thiophene rings is 1. The van der Waals surface area contributed by atoms with E-state index in [9.17, 15) is 4.79 Å². The van der Waals surface area contributed by atoms with Crippen LogP contribution < -0.4 is 5.32 Å². The number of amides is 1. The van der Waals surface area contributed by atoms with Crippen molar-refractivity contribution in [2.45, 2.75) is 19.8 Å². The molecule has 6 heteroatoms. The van der Waals surface area contributed by atoms with E-state index in [4.69, 9.17) is 12.2 Å². The molecule has 2 heterocycles. The van der Waals surface area contributed by atoms with Gasteiger partial charge in [0.15, 0.2) is 5.11 Å². The molecule has 1 N–H and O–H groups in total. The van der Waals surface area contributed by atoms with Crippen LogP contribution in [-0.2, 0) is 0 Å². The van der Waals surface area contributed by atoms with Gasteiger partial charge in [-0.05, 0) is 47.3 Å². The van der Waals surface area contributed by atoms with Crippen molar-refractivity contribution in [3.05, 3.63) is 52.2 Å². The summed E-state index contributed by atoms with van der Waals surface area (Å²) in [5, 5.41) is 5.97. The molecule has 4 nitrogen and oxygen atoms in total. The fraction of sp³-hybridized carbons (Fsp3) is 0.368. The summed E-state index contributed by atoms with van der Waals surface area (Å²) in [7, 11) is 0. The first kappa shape index (κ1) is 17.9. The van der Waals surface area contributed by atoms with Gasteiger partial charge in [0.05, 0.1) is 4.88 Å². The molecule has 0 aliphatic carbocycles. The first-order valence-electron chi connectivity index (χ1n) is 8.53. The number of carbonyl (C=O) groups excluding carboxylic acids is 1. The zero-order valence-corrected chi connectivity index (χ0v) is 16.2. The third-order valence-corrected chi connectivity index (χ3v) is 5.63. The molecule has 1 aliphatic rings. The molecule has 1 aromatic carbocycles. The van der Waals surface area contributed by atoms with Crippen LogP contribution in [0.1, 0.15) is 35.0 Å². The Morgan fingerprint density at radius 2 is 1.72 bits per heavy atom. The highest BCUT2D eigenvalue weighted by atomic mass is 32.1. The molecule has 0 radical (unpaired) electrons. The molecule has 1 amide bonds. The topological polar surface area (TPSA) is 35.6 Å². The monoisotopic (exact) mass is 373 g/mol. The van der Waals surface area contributed by atoms with E-state index >= 15 is 0 Å². The van der Waals surface area contributed by atoms with E-state index in [2.05, 4.69) is 48.3 Å². The van der Waals surface area contributed by atoms with Gasteiger partial charge in [-0.3, -0.25) is 4.79 Å². The first-order chi connectivity index (χ1) is 12.0. The van der Waals surface area contributed by atoms with E-state index in [1.807, 2.05) is 22.4 Å². The Balaban J connectivity index is 1.52. The number of piperazine rings is 1. The summed E-state index contributed by atoms with van der Waals surface area (Å²) >= 11 is 7.03. The van der Waals surface area contributed by atoms with Crippen LogP contribution in [0.2, 0.25) is 0 Å². The second-order valence-corrected chi connectivity index (χ2v) is 7.80. The quantitative estimate of drug-likeness (QED) is 0.824. The summed E-state index contributed by atoms with van der Waals surface area (Å²) in [5.74, 6) is 0.646. The number of benzene rings is 1. The molecule has 0 bridgehead atoms. The predicted octanol–water partition coefficient (Wildman–Crippen LogP) is 4.03. The molecule has 0 unspecified atom stereocenters. The van der Waals surface area contributed by atoms with Gasteiger partial charge >= 0.3 is 0 Å². The lowest BCUT2D eigenvalue weighted by atomic mass is 10.0. The zero-order valence-electron chi connectivity index (χ0n) is 14.6. The second kappa shape index (κ2) is 7.97. The average molecular weight is 374 g/mol. The van der Waals surface area contributed by atoms with Gasteiger partial charge in [0.2, 0.25) is 0 Å². The highest BCUT2D eigenvalue weighted by Crippen LogP contribution is 2.18. The highest BCUT2D eigenvalue weighted by molar-refractivity contribution is 7.80. The predicted molar refractivity (Wildman–Crippen MR) is 109 cm³/mol. The molecule has 0 saturated carbocycles. The van der Waals surface area contributed by atoms with Crippen molar-refractivity contribution in [3.63, 3.8) is 0 Å². The maximum atomic E-state index is 12.4. The maximum Gasteiger partial charge on any atom is 0.264 e. The molecular formula is C19H23N3OS2. The fourth-order valence-corrected chi connectivity index (χ4v) is 3.81. The van der Waals surface area contributed by atoms with Crippen LogP contribution in [0.5, 0.6) is 0 Å². The summed E-state index contributed by atoms with van der Waals surface area (Å²) in [6.07, 6.45) is 0. The number of nitrogens with zero attached hydrogens (tertiary/aromatic N) is 2. The van der Waals surface area contributed by atoms with E-state index < -0.39 is 0 Å². The number of hydrogen-bond donors (Lipinski definition) is 1. The number of anilines is 1. The molecule has 0 spiro atoms. The van der Waals surface area contributed by atoms with E-state index in [-0.39, 0.29) is 5.91 Å². The Bertz CT molecular complexity index is 718. The number of carbonyl (C=O) groups is 1. The van der Waals surface area contributed by atoms with Crippen LogP contribution in [0, 0.1) is 0 Å². The Morgan fingerprint density at radius 3 is 2.28 bits per heavy atom. The van der Waals surface area contributed by atoms with Gasteiger partial charge in [-0.2, -0.15) is 0 Å². The largest absolute Gasteiger partial charge is 0.345 e. The molecule has 2 aromatic rings. The number of rotatable bonds is 3. The van der Waals surface area contributed by atoms with Crippen LogP contribution >= 0.6 is 23.6 Å². The second-order valence-electron chi connectivity index (χ2n) is 6.46. The molecule has 132 valence electrons. The van der Waals surface area contributed by atoms with Gasteiger partial charge in [-0.15, -0.1) is 11.3 Å². The van der Waals surface area contributed by atoms with Crippen molar-refractivity contribution in [1.82, 2.24) is 9.80 Å². The Labute approximate surface area is 158 Å². The lowest BCUT2D eigenvalue weighted by molar-refractivity contribution is 0.0698. The van der Waals surface area contributed by atoms with Crippen molar-refractivity contribution in [2.24, 2.45) is 0 Å². The average Bonchev–Trinajstić information content (AvgIpc) is 3.16. The van der Waals surface area contributed by atoms with E-state index in [0.29, 0.717) is 19.0 Å². The minimum atomic E-state index is 0.123. The minimum absolute atomic E-state index is 0.123. The molecule has 1 aromatic heterocycles. The minimum Gasteiger partial charge on any atom is -0.345 e. The fourth-order valence-electron chi connectivity index (χ4n) is 2.82. The normalized spacial score (nSPS) is 14.7. The summed E-state index contributed by atoms with van der Waals surface area (Å²) in [6.45, 7) is 7.28. The van der Waals surface area contributed by atoms with Gasteiger partial charge in [-0.25, -0.2) is 0 Å². The zero-order chi connectivity index (χ0) is 17.8. The molecular weight excluding hydrogens is 350 g/mol. The molecule has 0 atom stereocenters. The van der Waals surface area contributed by atoms with Crippen molar-refractivity contribution >= 4 is 40.3 Å². The molecule has 1 aliphatic heterocycles. The number of thiocarbonyl (C=S) groups is 1. The summed E-state index contributed by atoms with van der Waals surface area (Å²) in [5.41, 5.74) is 2.32. The molecule has 25 heavy (non-hydrogen) atoms. The third kappa shape index (κ3) is 4.38. The highest BCUT2D eigenvalue weighted by Gasteiger charge is 2.23. The van der Waals surface area contributed by atoms with Crippen molar-refractivity contribution in [2.75, 3.05) is 31.5 Å². The van der Waals surface area contributed by atoms with Crippen molar-refractivity contribution < 1.29 is 4.79 Å². The maximum absolute atomic E-state index is 12.4. The molecule has 3 rings (SSSR count). The van der Waals surface area contributed by atoms with Crippen LogP contribution in [-0.4, -0.2) is 47.0 Å². The van der Waals surface area contributed by atoms with Crippen LogP contribution in [0.4, 0.5) is 5.69 Å². The summed E-state index contributed by atoms with van der Waals surface area (Å²) in [6, 6.07) is 12.2. The van der Waals surface area contributed by atoms with Crippen LogP contribution in [0.15, 0.2) is 41.8 Å². The summed E-state index contributed by atoms with van der Waals surface area (Å²) in [4.78, 5) is 17.2. The van der Waals surface area contributed by atoms with E-state index in [1.165, 1.54) is 16.9 Å². The van der Waals surface area contributed by atoms with E-state index in [1.54, 1.807) is 0 Å². The summed E-state index contributed by atoms with van der Waals surface area (Å²) < 4.78 is 0. The lowest BCUT2D eigenvalue weighted by Crippen LogP contribution is -2.51. The van der Waals surface area contributed by atoms with Crippen LogP contribution in [0.25, 0.3) is 0 Å². The van der Waals surface area contributed by atoms with E-state index in [0.717, 1.165) is 28.8 Å². The molecule has 1 fully saturated rings. The standard InChI is InChI=1S/C19H23N3OS2/c1-14(2)15-5-7-16(8-6-15)20-19(24)22-11-9-21(10-12-22)18(23)17-4-3-13-25-17/h3-8,13-14H,9-12H2,1-2H3,(H,20,24). The van der Waals surface area contributed by atoms with Gasteiger partial charge in [0, 0.05) is 31.9 Å². The van der Waals surface area contributed by atoms with Crippen molar-refractivity contribution in [1.29, 1.82) is 0 Å². The van der Waals surface area contributed by atoms with Gasteiger partial charge in [-0.1, -0.05) is 32.0 Å². The van der Waals surface area contributed by atoms with Gasteiger partial charge in [0.1, 0.15) is 0 Å².